The Kier molecular flexibility index (Phi) is 9.24. The number of nitriles is 1. The molecule has 0 aliphatic carbocycles. The highest BCUT2D eigenvalue weighted by Gasteiger charge is 2.58. The third kappa shape index (κ3) is 6.31. The summed E-state index contributed by atoms with van der Waals surface area (Å²) >= 11 is 1.80. The zero-order chi connectivity index (χ0) is 35.4. The zero-order valence-electron chi connectivity index (χ0n) is 28.5. The Bertz CT molecular complexity index is 1910. The molecule has 2 aromatic carbocycles. The van der Waals surface area contributed by atoms with Gasteiger partial charge < -0.3 is 9.47 Å². The van der Waals surface area contributed by atoms with E-state index in [4.69, 9.17) is 0 Å². The number of benzene rings is 2. The predicted molar refractivity (Wildman–Crippen MR) is 186 cm³/mol. The van der Waals surface area contributed by atoms with Gasteiger partial charge in [0, 0.05) is 85.7 Å². The zero-order valence-corrected chi connectivity index (χ0v) is 29.3. The number of likely N-dealkylation sites (tertiary alicyclic amines) is 1. The topological polar surface area (TPSA) is 67.5 Å². The summed E-state index contributed by atoms with van der Waals surface area (Å²) in [5.41, 5.74) is 3.47. The minimum Gasteiger partial charge on any atom is -0.355 e. The first kappa shape index (κ1) is 34.9. The summed E-state index contributed by atoms with van der Waals surface area (Å²) < 4.78 is 72.2. The number of aromatic nitrogens is 3. The van der Waals surface area contributed by atoms with Crippen LogP contribution < -0.4 is 4.90 Å². The van der Waals surface area contributed by atoms with Gasteiger partial charge in [-0.15, -0.1) is 0 Å². The van der Waals surface area contributed by atoms with E-state index in [0.29, 0.717) is 36.2 Å². The van der Waals surface area contributed by atoms with Gasteiger partial charge >= 0.3 is 12.1 Å². The summed E-state index contributed by atoms with van der Waals surface area (Å²) in [7, 11) is 0. The number of aryl methyl sites for hydroxylation is 1. The lowest BCUT2D eigenvalue weighted by atomic mass is 9.72. The van der Waals surface area contributed by atoms with E-state index in [1.54, 1.807) is 11.9 Å². The van der Waals surface area contributed by atoms with Crippen molar-refractivity contribution in [1.82, 2.24) is 28.6 Å². The van der Waals surface area contributed by atoms with E-state index in [1.807, 2.05) is 11.0 Å². The molecule has 266 valence electrons. The molecule has 0 amide bonds. The van der Waals surface area contributed by atoms with Gasteiger partial charge in [-0.25, -0.2) is 14.3 Å². The average Bonchev–Trinajstić information content (AvgIpc) is 3.45. The van der Waals surface area contributed by atoms with E-state index < -0.39 is 17.7 Å². The third-order valence-corrected chi connectivity index (χ3v) is 12.1. The SMILES string of the molecule is CSN1CCN(C(C)Cn2c(C#N)cc3c(C)c(CN4CCC5(CC4)CN(c4ncnc6ccc(C(F)(F)C(F)(F)F)cc46)C5)ccc32)CC1. The maximum atomic E-state index is 14.2. The highest BCUT2D eigenvalue weighted by molar-refractivity contribution is 7.96. The van der Waals surface area contributed by atoms with Crippen molar-refractivity contribution in [3.63, 3.8) is 0 Å². The first-order valence-corrected chi connectivity index (χ1v) is 18.2. The molecular weight excluding hydrogens is 672 g/mol. The number of piperidine rings is 1. The van der Waals surface area contributed by atoms with E-state index in [0.717, 1.165) is 88.2 Å². The summed E-state index contributed by atoms with van der Waals surface area (Å²) in [6.45, 7) is 13.2. The van der Waals surface area contributed by atoms with E-state index in [2.05, 4.69) is 66.9 Å². The van der Waals surface area contributed by atoms with Crippen molar-refractivity contribution in [3.8, 4) is 6.07 Å². The number of alkyl halides is 5. The van der Waals surface area contributed by atoms with Crippen LogP contribution in [0, 0.1) is 23.7 Å². The molecule has 1 unspecified atom stereocenters. The number of piperazine rings is 1. The Balaban J connectivity index is 0.998. The van der Waals surface area contributed by atoms with E-state index >= 15 is 0 Å². The molecule has 3 aliphatic heterocycles. The summed E-state index contributed by atoms with van der Waals surface area (Å²) in [5, 5.41) is 11.4. The van der Waals surface area contributed by atoms with Gasteiger partial charge in [0.15, 0.2) is 0 Å². The van der Waals surface area contributed by atoms with Crippen LogP contribution in [-0.2, 0) is 19.0 Å². The molecule has 5 heterocycles. The van der Waals surface area contributed by atoms with Gasteiger partial charge in [0.25, 0.3) is 0 Å². The van der Waals surface area contributed by atoms with Gasteiger partial charge in [0.05, 0.1) is 5.52 Å². The average molecular weight is 713 g/mol. The predicted octanol–water partition coefficient (Wildman–Crippen LogP) is 6.81. The van der Waals surface area contributed by atoms with Crippen molar-refractivity contribution < 1.29 is 22.0 Å². The van der Waals surface area contributed by atoms with Crippen LogP contribution in [0.4, 0.5) is 27.8 Å². The van der Waals surface area contributed by atoms with Gasteiger partial charge in [-0.05, 0) is 81.4 Å². The monoisotopic (exact) mass is 712 g/mol. The van der Waals surface area contributed by atoms with Crippen LogP contribution in [0.5, 0.6) is 0 Å². The number of hydrogen-bond donors (Lipinski definition) is 0. The maximum absolute atomic E-state index is 14.2. The molecule has 3 aliphatic rings. The summed E-state index contributed by atoms with van der Waals surface area (Å²) in [6.07, 6.45) is -0.348. The van der Waals surface area contributed by atoms with E-state index in [9.17, 15) is 27.2 Å². The van der Waals surface area contributed by atoms with E-state index in [1.165, 1.54) is 23.5 Å². The minimum atomic E-state index is -5.69. The van der Waals surface area contributed by atoms with Crippen LogP contribution in [0.15, 0.2) is 42.7 Å². The number of rotatable bonds is 8. The molecule has 8 nitrogen and oxygen atoms in total. The Labute approximate surface area is 293 Å². The van der Waals surface area contributed by atoms with Crippen molar-refractivity contribution >= 4 is 39.6 Å². The van der Waals surface area contributed by atoms with Gasteiger partial charge in [-0.2, -0.15) is 27.2 Å². The molecule has 2 aromatic heterocycles. The molecule has 4 aromatic rings. The van der Waals surface area contributed by atoms with Crippen molar-refractivity contribution in [3.05, 3.63) is 65.1 Å². The molecule has 1 atom stereocenters. The molecule has 0 bridgehead atoms. The fourth-order valence-electron chi connectivity index (χ4n) is 8.00. The van der Waals surface area contributed by atoms with Crippen molar-refractivity contribution in [1.29, 1.82) is 5.26 Å². The Morgan fingerprint density at radius 1 is 0.940 bits per heavy atom. The van der Waals surface area contributed by atoms with Crippen molar-refractivity contribution in [2.24, 2.45) is 5.41 Å². The number of fused-ring (bicyclic) bond motifs is 2. The molecular formula is C36H41F5N8S. The quantitative estimate of drug-likeness (QED) is 0.146. The normalized spacial score (nSPS) is 20.0. The first-order valence-electron chi connectivity index (χ1n) is 17.0. The second kappa shape index (κ2) is 13.2. The standard InChI is InChI=1S/C36H41F5N8S/c1-24(46-12-14-48(50-3)15-13-46)19-49-28(18-42)17-29-25(2)26(4-7-32(29)49)20-45-10-8-34(9-11-45)21-47(22-34)33-30-16-27(35(37,38)36(39,40)41)5-6-31(30)43-23-44-33/h4-7,16-17,23-24H,8-15,19-22H2,1-3H3. The Morgan fingerprint density at radius 2 is 1.66 bits per heavy atom. The van der Waals surface area contributed by atoms with Gasteiger partial charge in [0.1, 0.15) is 23.9 Å². The largest absolute Gasteiger partial charge is 0.458 e. The molecule has 50 heavy (non-hydrogen) atoms. The van der Waals surface area contributed by atoms with Crippen LogP contribution in [0.25, 0.3) is 21.8 Å². The molecule has 0 N–H and O–H groups in total. The highest BCUT2D eigenvalue weighted by Crippen LogP contribution is 2.47. The molecule has 1 spiro atoms. The summed E-state index contributed by atoms with van der Waals surface area (Å²) in [4.78, 5) is 15.3. The van der Waals surface area contributed by atoms with Crippen molar-refractivity contribution in [2.75, 3.05) is 63.5 Å². The lowest BCUT2D eigenvalue weighted by molar-refractivity contribution is -0.289. The fraction of sp³-hybridized carbons (Fsp3) is 0.528. The van der Waals surface area contributed by atoms with Gasteiger partial charge in [-0.1, -0.05) is 24.1 Å². The minimum absolute atomic E-state index is 0.0396. The maximum Gasteiger partial charge on any atom is 0.458 e. The smallest absolute Gasteiger partial charge is 0.355 e. The molecule has 0 radical (unpaired) electrons. The van der Waals surface area contributed by atoms with Crippen LogP contribution in [0.3, 0.4) is 0 Å². The fourth-order valence-corrected chi connectivity index (χ4v) is 8.53. The first-order chi connectivity index (χ1) is 23.8. The second-order valence-electron chi connectivity index (χ2n) is 14.2. The van der Waals surface area contributed by atoms with Crippen LogP contribution >= 0.6 is 11.9 Å². The van der Waals surface area contributed by atoms with E-state index in [-0.39, 0.29) is 10.8 Å². The molecule has 3 fully saturated rings. The van der Waals surface area contributed by atoms with Crippen LogP contribution in [0.1, 0.15) is 42.1 Å². The van der Waals surface area contributed by atoms with Crippen LogP contribution in [0.2, 0.25) is 0 Å². The molecule has 14 heteroatoms. The third-order valence-electron chi connectivity index (χ3n) is 11.2. The summed E-state index contributed by atoms with van der Waals surface area (Å²) in [5.74, 6) is -4.58. The number of anilines is 1. The number of halogens is 5. The van der Waals surface area contributed by atoms with Crippen molar-refractivity contribution in [2.45, 2.75) is 57.9 Å². The number of nitrogens with zero attached hydrogens (tertiary/aromatic N) is 8. The second-order valence-corrected chi connectivity index (χ2v) is 15.0. The van der Waals surface area contributed by atoms with Crippen LogP contribution in [-0.4, -0.2) is 99.5 Å². The molecule has 0 saturated carbocycles. The summed E-state index contributed by atoms with van der Waals surface area (Å²) in [6, 6.07) is 12.0. The Morgan fingerprint density at radius 3 is 2.32 bits per heavy atom. The van der Waals surface area contributed by atoms with Gasteiger partial charge in [-0.3, -0.25) is 9.80 Å². The molecule has 7 rings (SSSR count). The lowest BCUT2D eigenvalue weighted by Gasteiger charge is -2.54. The van der Waals surface area contributed by atoms with Gasteiger partial charge in [0.2, 0.25) is 0 Å². The Hall–Kier alpha value is -3.51. The number of hydrogen-bond acceptors (Lipinski definition) is 8. The molecule has 3 saturated heterocycles. The lowest BCUT2D eigenvalue weighted by Crippen LogP contribution is -2.60. The highest BCUT2D eigenvalue weighted by atomic mass is 32.2.